The van der Waals surface area contributed by atoms with E-state index >= 15 is 0 Å². The van der Waals surface area contributed by atoms with Crippen LogP contribution in [0.25, 0.3) is 22.1 Å². The fraction of sp³-hybridized carbons (Fsp3) is 0.444. The summed E-state index contributed by atoms with van der Waals surface area (Å²) in [6.07, 6.45) is 3.20. The summed E-state index contributed by atoms with van der Waals surface area (Å²) in [5.74, 6) is 0.221. The van der Waals surface area contributed by atoms with Gasteiger partial charge in [-0.1, -0.05) is 24.8 Å². The van der Waals surface area contributed by atoms with Gasteiger partial charge in [-0.15, -0.1) is 10.2 Å². The largest absolute Gasteiger partial charge is 0.376 e. The Labute approximate surface area is 155 Å². The lowest BCUT2D eigenvalue weighted by molar-refractivity contribution is -0.119. The van der Waals surface area contributed by atoms with Crippen molar-refractivity contribution in [1.29, 1.82) is 0 Å². The first-order valence-electron chi connectivity index (χ1n) is 8.89. The molecule has 1 aliphatic heterocycles. The minimum atomic E-state index is -0.0431. The molecule has 0 spiro atoms. The maximum atomic E-state index is 12.0. The van der Waals surface area contributed by atoms with Crippen molar-refractivity contribution in [2.24, 2.45) is 0 Å². The number of ether oxygens (including phenoxy) is 1. The number of hydrogen-bond donors (Lipinski definition) is 2. The highest BCUT2D eigenvalue weighted by Gasteiger charge is 2.16. The third-order valence-corrected chi connectivity index (χ3v) is 5.39. The molecular formula is C18H21N5O2S. The number of nitrogens with one attached hydrogen (secondary N) is 2. The summed E-state index contributed by atoms with van der Waals surface area (Å²) in [7, 11) is 0. The highest BCUT2D eigenvalue weighted by atomic mass is 32.2. The Morgan fingerprint density at radius 1 is 1.42 bits per heavy atom. The molecule has 2 aromatic heterocycles. The quantitative estimate of drug-likeness (QED) is 0.647. The first-order valence-corrected chi connectivity index (χ1v) is 9.87. The molecule has 4 rings (SSSR count). The molecule has 2 N–H and O–H groups in total. The zero-order chi connectivity index (χ0) is 17.9. The van der Waals surface area contributed by atoms with Gasteiger partial charge in [0.15, 0.2) is 5.65 Å². The third-order valence-electron chi connectivity index (χ3n) is 4.55. The number of aryl methyl sites for hydroxylation is 1. The molecule has 3 heterocycles. The normalized spacial score (nSPS) is 17.2. The summed E-state index contributed by atoms with van der Waals surface area (Å²) in [5.41, 5.74) is 3.71. The van der Waals surface area contributed by atoms with Crippen molar-refractivity contribution >= 4 is 39.7 Å². The fourth-order valence-electron chi connectivity index (χ4n) is 3.10. The average Bonchev–Trinajstić information content (AvgIpc) is 3.31. The fourth-order valence-corrected chi connectivity index (χ4v) is 3.72. The predicted molar refractivity (Wildman–Crippen MR) is 101 cm³/mol. The van der Waals surface area contributed by atoms with E-state index in [1.807, 2.05) is 6.07 Å². The smallest absolute Gasteiger partial charge is 0.230 e. The van der Waals surface area contributed by atoms with Crippen LogP contribution in [0.3, 0.4) is 0 Å². The molecule has 0 aliphatic carbocycles. The molecule has 3 aromatic rings. The molecule has 0 bridgehead atoms. The van der Waals surface area contributed by atoms with Crippen LogP contribution in [-0.4, -0.2) is 51.1 Å². The molecule has 1 aliphatic rings. The molecule has 1 amide bonds. The topological polar surface area (TPSA) is 92.8 Å². The summed E-state index contributed by atoms with van der Waals surface area (Å²) in [4.78, 5) is 19.8. The summed E-state index contributed by atoms with van der Waals surface area (Å²) >= 11 is 1.29. The second-order valence-corrected chi connectivity index (χ2v) is 7.32. The van der Waals surface area contributed by atoms with E-state index in [0.29, 0.717) is 17.3 Å². The molecule has 0 saturated carbocycles. The molecule has 0 radical (unpaired) electrons. The average molecular weight is 371 g/mol. The van der Waals surface area contributed by atoms with Crippen molar-refractivity contribution in [2.45, 2.75) is 37.4 Å². The minimum Gasteiger partial charge on any atom is -0.376 e. The molecule has 26 heavy (non-hydrogen) atoms. The highest BCUT2D eigenvalue weighted by Crippen LogP contribution is 2.24. The summed E-state index contributed by atoms with van der Waals surface area (Å²) in [6, 6.07) is 6.26. The number of carbonyl (C=O) groups excluding carboxylic acids is 1. The molecule has 1 fully saturated rings. The molecule has 8 heteroatoms. The molecule has 0 unspecified atom stereocenters. The predicted octanol–water partition coefficient (Wildman–Crippen LogP) is 2.46. The van der Waals surface area contributed by atoms with Gasteiger partial charge in [-0.2, -0.15) is 0 Å². The monoisotopic (exact) mass is 371 g/mol. The number of nitrogens with zero attached hydrogens (tertiary/aromatic N) is 3. The molecular weight excluding hydrogens is 350 g/mol. The van der Waals surface area contributed by atoms with E-state index in [0.717, 1.165) is 42.3 Å². The lowest BCUT2D eigenvalue weighted by Crippen LogP contribution is -2.32. The Morgan fingerprint density at radius 2 is 2.35 bits per heavy atom. The van der Waals surface area contributed by atoms with Gasteiger partial charge < -0.3 is 15.0 Å². The van der Waals surface area contributed by atoms with Crippen LogP contribution in [0.2, 0.25) is 0 Å². The Hall–Kier alpha value is -2.19. The summed E-state index contributed by atoms with van der Waals surface area (Å²) in [5, 5.41) is 12.9. The van der Waals surface area contributed by atoms with Crippen LogP contribution in [0, 0.1) is 0 Å². The van der Waals surface area contributed by atoms with Crippen LogP contribution in [0.1, 0.15) is 25.3 Å². The third kappa shape index (κ3) is 3.66. The summed E-state index contributed by atoms with van der Waals surface area (Å²) in [6.45, 7) is 3.48. The van der Waals surface area contributed by atoms with Gasteiger partial charge in [0.05, 0.1) is 11.9 Å². The maximum Gasteiger partial charge on any atom is 0.230 e. The van der Waals surface area contributed by atoms with E-state index in [1.54, 1.807) is 0 Å². The van der Waals surface area contributed by atoms with Crippen LogP contribution >= 0.6 is 11.8 Å². The van der Waals surface area contributed by atoms with Crippen LogP contribution in [0.15, 0.2) is 23.4 Å². The number of H-pyrrole nitrogens is 1. The van der Waals surface area contributed by atoms with Gasteiger partial charge in [-0.25, -0.2) is 4.98 Å². The van der Waals surface area contributed by atoms with Crippen molar-refractivity contribution < 1.29 is 9.53 Å². The molecule has 1 aromatic carbocycles. The van der Waals surface area contributed by atoms with Gasteiger partial charge in [-0.3, -0.25) is 4.79 Å². The van der Waals surface area contributed by atoms with E-state index in [4.69, 9.17) is 4.74 Å². The SMILES string of the molecule is CCc1ccc2[nH]c3nc(SCC(=O)NC[C@H]4CCCO4)nnc3c2c1. The number of aromatic amines is 1. The number of amides is 1. The van der Waals surface area contributed by atoms with Gasteiger partial charge in [0, 0.05) is 24.1 Å². The zero-order valence-corrected chi connectivity index (χ0v) is 15.4. The number of aromatic nitrogens is 4. The zero-order valence-electron chi connectivity index (χ0n) is 14.6. The standard InChI is InChI=1S/C18H21N5O2S/c1-2-11-5-6-14-13(8-11)16-17(20-14)21-18(23-22-16)26-10-15(24)19-9-12-4-3-7-25-12/h5-6,8,12H,2-4,7,9-10H2,1H3,(H,19,24)(H,20,21,23)/t12-/m1/s1. The number of fused-ring (bicyclic) bond motifs is 3. The van der Waals surface area contributed by atoms with Crippen molar-refractivity contribution in [3.05, 3.63) is 23.8 Å². The molecule has 1 atom stereocenters. The van der Waals surface area contributed by atoms with Crippen molar-refractivity contribution in [3.8, 4) is 0 Å². The Morgan fingerprint density at radius 3 is 3.15 bits per heavy atom. The summed E-state index contributed by atoms with van der Waals surface area (Å²) < 4.78 is 5.50. The maximum absolute atomic E-state index is 12.0. The van der Waals surface area contributed by atoms with Crippen molar-refractivity contribution in [3.63, 3.8) is 0 Å². The number of carbonyl (C=O) groups is 1. The van der Waals surface area contributed by atoms with Crippen molar-refractivity contribution in [1.82, 2.24) is 25.5 Å². The Kier molecular flexibility index (Phi) is 5.03. The van der Waals surface area contributed by atoms with Crippen LogP contribution in [0.4, 0.5) is 0 Å². The van der Waals surface area contributed by atoms with E-state index in [1.165, 1.54) is 17.3 Å². The van der Waals surface area contributed by atoms with Crippen LogP contribution in [-0.2, 0) is 16.0 Å². The molecule has 1 saturated heterocycles. The van der Waals surface area contributed by atoms with Gasteiger partial charge in [0.1, 0.15) is 5.52 Å². The first kappa shape index (κ1) is 17.2. The molecule has 136 valence electrons. The second kappa shape index (κ2) is 7.59. The van der Waals surface area contributed by atoms with Gasteiger partial charge >= 0.3 is 0 Å². The minimum absolute atomic E-state index is 0.0431. The first-order chi connectivity index (χ1) is 12.7. The van der Waals surface area contributed by atoms with E-state index in [-0.39, 0.29) is 17.8 Å². The van der Waals surface area contributed by atoms with Gasteiger partial charge in [-0.05, 0) is 37.0 Å². The highest BCUT2D eigenvalue weighted by molar-refractivity contribution is 7.99. The van der Waals surface area contributed by atoms with Gasteiger partial charge in [0.2, 0.25) is 11.1 Å². The number of benzene rings is 1. The lowest BCUT2D eigenvalue weighted by atomic mass is 10.1. The van der Waals surface area contributed by atoms with Crippen LogP contribution < -0.4 is 5.32 Å². The van der Waals surface area contributed by atoms with Crippen molar-refractivity contribution in [2.75, 3.05) is 18.9 Å². The van der Waals surface area contributed by atoms with E-state index in [9.17, 15) is 4.79 Å². The van der Waals surface area contributed by atoms with E-state index < -0.39 is 0 Å². The Balaban J connectivity index is 1.42. The lowest BCUT2D eigenvalue weighted by Gasteiger charge is -2.10. The Bertz CT molecular complexity index is 936. The second-order valence-electron chi connectivity index (χ2n) is 6.38. The molecule has 7 nitrogen and oxygen atoms in total. The number of hydrogen-bond acceptors (Lipinski definition) is 6. The van der Waals surface area contributed by atoms with Crippen LogP contribution in [0.5, 0.6) is 0 Å². The van der Waals surface area contributed by atoms with E-state index in [2.05, 4.69) is 44.5 Å². The van der Waals surface area contributed by atoms with Gasteiger partial charge in [0.25, 0.3) is 0 Å². The number of rotatable bonds is 6. The number of thioether (sulfide) groups is 1.